The van der Waals surface area contributed by atoms with E-state index in [1.54, 1.807) is 60.7 Å². The Hall–Kier alpha value is -4.77. The molecule has 0 aliphatic carbocycles. The maximum Gasteiger partial charge on any atom is 0.293 e. The van der Waals surface area contributed by atoms with E-state index >= 15 is 0 Å². The highest BCUT2D eigenvalue weighted by Crippen LogP contribution is 2.35. The minimum absolute atomic E-state index is 0.105. The Morgan fingerprint density at radius 3 is 1.29 bits per heavy atom. The SMILES string of the molecule is O=[N+]([O-])c1cc(S(=O)(=O)c2ccc(Nc3ccccc3)c([N+](=O)[O-])c2)ccc1Nc1ccccc1. The number of anilines is 4. The van der Waals surface area contributed by atoms with Gasteiger partial charge in [-0.2, -0.15) is 0 Å². The van der Waals surface area contributed by atoms with Crippen molar-refractivity contribution in [3.05, 3.63) is 117 Å². The molecule has 4 aromatic rings. The zero-order valence-corrected chi connectivity index (χ0v) is 18.8. The number of sulfone groups is 1. The van der Waals surface area contributed by atoms with Gasteiger partial charge in [0.25, 0.3) is 11.4 Å². The summed E-state index contributed by atoms with van der Waals surface area (Å²) in [6, 6.07) is 24.3. The van der Waals surface area contributed by atoms with Crippen molar-refractivity contribution in [1.82, 2.24) is 0 Å². The average Bonchev–Trinajstić information content (AvgIpc) is 2.85. The zero-order valence-electron chi connectivity index (χ0n) is 18.0. The van der Waals surface area contributed by atoms with Crippen LogP contribution in [-0.2, 0) is 9.84 Å². The van der Waals surface area contributed by atoms with Gasteiger partial charge in [-0.25, -0.2) is 8.42 Å². The smallest absolute Gasteiger partial charge is 0.293 e. The average molecular weight is 490 g/mol. The maximum absolute atomic E-state index is 13.2. The molecule has 4 rings (SSSR count). The summed E-state index contributed by atoms with van der Waals surface area (Å²) in [7, 11) is -4.29. The van der Waals surface area contributed by atoms with Crippen molar-refractivity contribution >= 4 is 44.0 Å². The van der Waals surface area contributed by atoms with Crippen LogP contribution in [0, 0.1) is 20.2 Å². The molecule has 10 nitrogen and oxygen atoms in total. The summed E-state index contributed by atoms with van der Waals surface area (Å²) >= 11 is 0. The minimum Gasteiger partial charge on any atom is -0.350 e. The third-order valence-electron chi connectivity index (χ3n) is 5.06. The van der Waals surface area contributed by atoms with Crippen molar-refractivity contribution < 1.29 is 18.3 Å². The van der Waals surface area contributed by atoms with Crippen LogP contribution in [0.25, 0.3) is 0 Å². The van der Waals surface area contributed by atoms with Gasteiger partial charge in [-0.05, 0) is 48.5 Å². The van der Waals surface area contributed by atoms with Crippen molar-refractivity contribution in [3.63, 3.8) is 0 Å². The normalized spacial score (nSPS) is 11.0. The molecule has 35 heavy (non-hydrogen) atoms. The van der Waals surface area contributed by atoms with Gasteiger partial charge >= 0.3 is 0 Å². The number of nitrogens with zero attached hydrogens (tertiary/aromatic N) is 2. The first-order valence-electron chi connectivity index (χ1n) is 10.2. The third kappa shape index (κ3) is 5.09. The molecular weight excluding hydrogens is 472 g/mol. The van der Waals surface area contributed by atoms with Crippen LogP contribution >= 0.6 is 0 Å². The fraction of sp³-hybridized carbons (Fsp3) is 0. The Balaban J connectivity index is 1.72. The van der Waals surface area contributed by atoms with Crippen molar-refractivity contribution in [2.75, 3.05) is 10.6 Å². The molecule has 0 aliphatic heterocycles. The van der Waals surface area contributed by atoms with E-state index in [1.807, 2.05) is 0 Å². The molecule has 0 bridgehead atoms. The van der Waals surface area contributed by atoms with Gasteiger partial charge in [-0.15, -0.1) is 0 Å². The number of nitro groups is 2. The van der Waals surface area contributed by atoms with Gasteiger partial charge in [-0.3, -0.25) is 20.2 Å². The summed E-state index contributed by atoms with van der Waals surface area (Å²) in [5.41, 5.74) is 0.479. The van der Waals surface area contributed by atoms with Crippen LogP contribution in [0.5, 0.6) is 0 Å². The molecule has 0 unspecified atom stereocenters. The molecule has 0 amide bonds. The predicted octanol–water partition coefficient (Wildman–Crippen LogP) is 5.82. The van der Waals surface area contributed by atoms with E-state index in [0.717, 1.165) is 12.1 Å². The van der Waals surface area contributed by atoms with Gasteiger partial charge in [0, 0.05) is 23.5 Å². The first-order valence-corrected chi connectivity index (χ1v) is 11.7. The molecule has 0 heterocycles. The standard InChI is InChI=1S/C24H18N4O6S/c29-27(30)23-15-19(11-13-21(23)25-17-7-3-1-4-8-17)35(33,34)20-12-14-22(24(16-20)28(31)32)26-18-9-5-2-6-10-18/h1-16,25-26H. The van der Waals surface area contributed by atoms with Crippen LogP contribution in [0.15, 0.2) is 107 Å². The largest absolute Gasteiger partial charge is 0.350 e. The van der Waals surface area contributed by atoms with Crippen LogP contribution in [-0.4, -0.2) is 18.3 Å². The first kappa shape index (κ1) is 23.4. The Morgan fingerprint density at radius 1 is 0.571 bits per heavy atom. The number of hydrogen-bond donors (Lipinski definition) is 2. The Labute approximate surface area is 200 Å². The van der Waals surface area contributed by atoms with Crippen LogP contribution in [0.2, 0.25) is 0 Å². The topological polar surface area (TPSA) is 144 Å². The first-order chi connectivity index (χ1) is 16.8. The van der Waals surface area contributed by atoms with E-state index in [1.165, 1.54) is 24.3 Å². The van der Waals surface area contributed by atoms with Gasteiger partial charge in [0.1, 0.15) is 11.4 Å². The molecule has 4 aromatic carbocycles. The summed E-state index contributed by atoms with van der Waals surface area (Å²) in [6.45, 7) is 0. The Bertz CT molecular complexity index is 1400. The number of benzene rings is 4. The highest BCUT2D eigenvalue weighted by molar-refractivity contribution is 7.91. The number of para-hydroxylation sites is 2. The van der Waals surface area contributed by atoms with Crippen molar-refractivity contribution in [1.29, 1.82) is 0 Å². The molecule has 2 N–H and O–H groups in total. The van der Waals surface area contributed by atoms with E-state index in [4.69, 9.17) is 0 Å². The maximum atomic E-state index is 13.2. The molecule has 0 radical (unpaired) electrons. The van der Waals surface area contributed by atoms with Gasteiger partial charge in [0.05, 0.1) is 19.6 Å². The lowest BCUT2D eigenvalue weighted by Gasteiger charge is -2.11. The summed E-state index contributed by atoms with van der Waals surface area (Å²) in [6.07, 6.45) is 0. The summed E-state index contributed by atoms with van der Waals surface area (Å²) < 4.78 is 26.5. The third-order valence-corrected chi connectivity index (χ3v) is 6.81. The number of hydrogen-bond acceptors (Lipinski definition) is 8. The van der Waals surface area contributed by atoms with E-state index in [2.05, 4.69) is 10.6 Å². The molecule has 0 aliphatic rings. The van der Waals surface area contributed by atoms with E-state index in [9.17, 15) is 28.6 Å². The molecule has 0 saturated carbocycles. The molecule has 0 saturated heterocycles. The molecule has 11 heteroatoms. The van der Waals surface area contributed by atoms with Crippen LogP contribution < -0.4 is 10.6 Å². The summed E-state index contributed by atoms with van der Waals surface area (Å²) in [5, 5.41) is 29.1. The van der Waals surface area contributed by atoms with Crippen molar-refractivity contribution in [3.8, 4) is 0 Å². The number of rotatable bonds is 8. The second kappa shape index (κ2) is 9.61. The number of nitrogens with one attached hydrogen (secondary N) is 2. The Kier molecular flexibility index (Phi) is 6.42. The monoisotopic (exact) mass is 490 g/mol. The van der Waals surface area contributed by atoms with Gasteiger partial charge in [-0.1, -0.05) is 36.4 Å². The van der Waals surface area contributed by atoms with Crippen LogP contribution in [0.1, 0.15) is 0 Å². The van der Waals surface area contributed by atoms with Crippen molar-refractivity contribution in [2.45, 2.75) is 9.79 Å². The summed E-state index contributed by atoms with van der Waals surface area (Å²) in [4.78, 5) is 21.2. The highest BCUT2D eigenvalue weighted by atomic mass is 32.2. The lowest BCUT2D eigenvalue weighted by molar-refractivity contribution is -0.384. The quantitative estimate of drug-likeness (QED) is 0.232. The molecule has 0 spiro atoms. The molecule has 0 fully saturated rings. The fourth-order valence-electron chi connectivity index (χ4n) is 3.36. The predicted molar refractivity (Wildman–Crippen MR) is 131 cm³/mol. The van der Waals surface area contributed by atoms with Gasteiger partial charge < -0.3 is 10.6 Å². The Morgan fingerprint density at radius 2 is 0.943 bits per heavy atom. The molecule has 0 atom stereocenters. The van der Waals surface area contributed by atoms with Crippen molar-refractivity contribution in [2.24, 2.45) is 0 Å². The summed E-state index contributed by atoms with van der Waals surface area (Å²) in [5.74, 6) is 0. The molecule has 0 aromatic heterocycles. The van der Waals surface area contributed by atoms with Gasteiger partial charge in [0.2, 0.25) is 9.84 Å². The van der Waals surface area contributed by atoms with E-state index < -0.39 is 31.1 Å². The lowest BCUT2D eigenvalue weighted by Crippen LogP contribution is -2.06. The lowest BCUT2D eigenvalue weighted by atomic mass is 10.2. The van der Waals surface area contributed by atoms with Crippen LogP contribution in [0.3, 0.4) is 0 Å². The fourth-order valence-corrected chi connectivity index (χ4v) is 4.66. The number of nitro benzene ring substituents is 2. The second-order valence-electron chi connectivity index (χ2n) is 7.36. The van der Waals surface area contributed by atoms with Crippen LogP contribution in [0.4, 0.5) is 34.1 Å². The molecule has 176 valence electrons. The second-order valence-corrected chi connectivity index (χ2v) is 9.31. The molecular formula is C24H18N4O6S. The van der Waals surface area contributed by atoms with E-state index in [-0.39, 0.29) is 21.2 Å². The highest BCUT2D eigenvalue weighted by Gasteiger charge is 2.26. The van der Waals surface area contributed by atoms with Gasteiger partial charge in [0.15, 0.2) is 0 Å². The zero-order chi connectivity index (χ0) is 25.0. The minimum atomic E-state index is -4.29. The van der Waals surface area contributed by atoms with E-state index in [0.29, 0.717) is 11.4 Å².